The van der Waals surface area contributed by atoms with Crippen molar-refractivity contribution in [1.29, 1.82) is 0 Å². The van der Waals surface area contributed by atoms with Crippen LogP contribution in [0.4, 0.5) is 0 Å². The van der Waals surface area contributed by atoms with Crippen LogP contribution >= 0.6 is 0 Å². The topological polar surface area (TPSA) is 69.7 Å². The lowest BCUT2D eigenvalue weighted by atomic mass is 9.47. The number of benzene rings is 1. The number of hydrogen-bond donors (Lipinski definition) is 0. The molecule has 2 fully saturated rings. The van der Waals surface area contributed by atoms with Gasteiger partial charge in [-0.05, 0) is 99.2 Å². The number of Topliss-reactive ketones (excluding diaryl/α,β-unsaturated/α-hetero) is 1. The van der Waals surface area contributed by atoms with E-state index in [0.29, 0.717) is 37.0 Å². The maximum atomic E-state index is 13.0. The normalized spacial score (nSPS) is 37.6. The molecule has 5 rings (SSSR count). The van der Waals surface area contributed by atoms with Crippen molar-refractivity contribution in [3.63, 3.8) is 0 Å². The van der Waals surface area contributed by atoms with E-state index in [0.717, 1.165) is 37.7 Å². The first-order valence-electron chi connectivity index (χ1n) is 14.4. The molecule has 204 valence electrons. The summed E-state index contributed by atoms with van der Waals surface area (Å²) < 4.78 is 11.8. The molecule has 0 bridgehead atoms. The number of rotatable bonds is 6. The second kappa shape index (κ2) is 9.81. The number of ketones is 1. The van der Waals surface area contributed by atoms with Gasteiger partial charge in [0.25, 0.3) is 0 Å². The average Bonchev–Trinajstić information content (AvgIpc) is 3.17. The molecule has 0 N–H and O–H groups in total. The number of carbonyl (C=O) groups is 3. The predicted molar refractivity (Wildman–Crippen MR) is 146 cm³/mol. The number of aryl methyl sites for hydroxylation is 1. The molecular formula is C33H42O5. The summed E-state index contributed by atoms with van der Waals surface area (Å²) in [4.78, 5) is 37.7. The molecule has 0 aliphatic heterocycles. The lowest BCUT2D eigenvalue weighted by Gasteiger charge is -2.58. The van der Waals surface area contributed by atoms with Crippen molar-refractivity contribution in [3.8, 4) is 0 Å². The van der Waals surface area contributed by atoms with Gasteiger partial charge < -0.3 is 9.47 Å². The van der Waals surface area contributed by atoms with Gasteiger partial charge in [-0.15, -0.1) is 0 Å². The van der Waals surface area contributed by atoms with E-state index in [9.17, 15) is 14.4 Å². The molecule has 1 aromatic rings. The van der Waals surface area contributed by atoms with E-state index in [-0.39, 0.29) is 34.7 Å². The Morgan fingerprint density at radius 2 is 1.63 bits per heavy atom. The lowest BCUT2D eigenvalue weighted by molar-refractivity contribution is -0.185. The molecule has 0 radical (unpaired) electrons. The number of hydrogen-bond acceptors (Lipinski definition) is 5. The van der Waals surface area contributed by atoms with Crippen LogP contribution in [0.25, 0.3) is 0 Å². The second-order valence-electron chi connectivity index (χ2n) is 12.7. The van der Waals surface area contributed by atoms with E-state index < -0.39 is 5.60 Å². The van der Waals surface area contributed by atoms with Crippen molar-refractivity contribution in [2.45, 2.75) is 97.7 Å². The van der Waals surface area contributed by atoms with Gasteiger partial charge in [-0.3, -0.25) is 14.4 Å². The molecule has 5 heteroatoms. The van der Waals surface area contributed by atoms with Crippen LogP contribution in [0, 0.1) is 28.6 Å². The van der Waals surface area contributed by atoms with Gasteiger partial charge >= 0.3 is 11.9 Å². The smallest absolute Gasteiger partial charge is 0.306 e. The summed E-state index contributed by atoms with van der Waals surface area (Å²) in [6, 6.07) is 10.1. The molecule has 2 saturated carbocycles. The van der Waals surface area contributed by atoms with E-state index in [1.165, 1.54) is 18.1 Å². The highest BCUT2D eigenvalue weighted by Crippen LogP contribution is 2.68. The fourth-order valence-corrected chi connectivity index (χ4v) is 8.83. The predicted octanol–water partition coefficient (Wildman–Crippen LogP) is 6.55. The Kier molecular flexibility index (Phi) is 6.94. The molecule has 38 heavy (non-hydrogen) atoms. The molecule has 7 atom stereocenters. The molecule has 0 spiro atoms. The third kappa shape index (κ3) is 4.26. The van der Waals surface area contributed by atoms with Crippen molar-refractivity contribution in [1.82, 2.24) is 0 Å². The molecule has 0 saturated heterocycles. The minimum absolute atomic E-state index is 0.0146. The molecule has 0 aromatic heterocycles. The molecule has 0 amide bonds. The van der Waals surface area contributed by atoms with E-state index >= 15 is 0 Å². The van der Waals surface area contributed by atoms with Crippen molar-refractivity contribution in [3.05, 3.63) is 59.2 Å². The van der Waals surface area contributed by atoms with Gasteiger partial charge in [0.1, 0.15) is 6.10 Å². The van der Waals surface area contributed by atoms with Gasteiger partial charge in [-0.2, -0.15) is 0 Å². The van der Waals surface area contributed by atoms with Gasteiger partial charge in [0.2, 0.25) is 0 Å². The van der Waals surface area contributed by atoms with Crippen LogP contribution in [0.5, 0.6) is 0 Å². The van der Waals surface area contributed by atoms with Crippen LogP contribution in [-0.4, -0.2) is 29.4 Å². The number of esters is 2. The summed E-state index contributed by atoms with van der Waals surface area (Å²) >= 11 is 0. The Balaban J connectivity index is 1.36. The Morgan fingerprint density at radius 1 is 0.921 bits per heavy atom. The Hall–Kier alpha value is -2.69. The zero-order chi connectivity index (χ0) is 27.3. The summed E-state index contributed by atoms with van der Waals surface area (Å²) in [6.07, 6.45) is 10.7. The third-order valence-corrected chi connectivity index (χ3v) is 10.7. The maximum absolute atomic E-state index is 13.0. The second-order valence-corrected chi connectivity index (χ2v) is 12.7. The monoisotopic (exact) mass is 518 g/mol. The minimum atomic E-state index is -1.02. The molecule has 4 aliphatic carbocycles. The van der Waals surface area contributed by atoms with Crippen molar-refractivity contribution in [2.24, 2.45) is 28.6 Å². The van der Waals surface area contributed by atoms with Crippen LogP contribution in [0.2, 0.25) is 0 Å². The van der Waals surface area contributed by atoms with Gasteiger partial charge in [0, 0.05) is 18.8 Å². The molecule has 0 heterocycles. The van der Waals surface area contributed by atoms with E-state index in [4.69, 9.17) is 9.47 Å². The minimum Gasteiger partial charge on any atom is -0.458 e. The summed E-state index contributed by atoms with van der Waals surface area (Å²) in [5.41, 5.74) is 2.38. The first-order chi connectivity index (χ1) is 18.0. The highest BCUT2D eigenvalue weighted by Gasteiger charge is 2.67. The van der Waals surface area contributed by atoms with Crippen molar-refractivity contribution in [2.75, 3.05) is 0 Å². The van der Waals surface area contributed by atoms with Crippen molar-refractivity contribution < 1.29 is 23.9 Å². The van der Waals surface area contributed by atoms with Crippen molar-refractivity contribution >= 4 is 17.7 Å². The van der Waals surface area contributed by atoms with Gasteiger partial charge in [-0.25, -0.2) is 0 Å². The first-order valence-corrected chi connectivity index (χ1v) is 14.4. The zero-order valence-corrected chi connectivity index (χ0v) is 23.5. The molecular weight excluding hydrogens is 476 g/mol. The lowest BCUT2D eigenvalue weighted by Crippen LogP contribution is -2.58. The maximum Gasteiger partial charge on any atom is 0.306 e. The SMILES string of the molecule is CC(=O)O[C@]1(C(C)=O)CCC2C3C=C(C)C4=CC(OC(=O)CCc5ccccc5)CCC4(C)C3CCC21C. The zero-order valence-electron chi connectivity index (χ0n) is 23.5. The Labute approximate surface area is 227 Å². The van der Waals surface area contributed by atoms with E-state index in [1.54, 1.807) is 6.92 Å². The highest BCUT2D eigenvalue weighted by atomic mass is 16.6. The summed E-state index contributed by atoms with van der Waals surface area (Å²) in [5.74, 6) is 0.580. The van der Waals surface area contributed by atoms with Crippen LogP contribution in [-0.2, 0) is 30.3 Å². The van der Waals surface area contributed by atoms with Crippen LogP contribution in [0.3, 0.4) is 0 Å². The summed E-state index contributed by atoms with van der Waals surface area (Å²) in [6.45, 7) is 9.78. The number of fused-ring (bicyclic) bond motifs is 5. The van der Waals surface area contributed by atoms with Crippen LogP contribution in [0.1, 0.15) is 85.1 Å². The van der Waals surface area contributed by atoms with E-state index in [2.05, 4.69) is 32.9 Å². The Morgan fingerprint density at radius 3 is 2.32 bits per heavy atom. The summed E-state index contributed by atoms with van der Waals surface area (Å²) in [5, 5.41) is 0. The first kappa shape index (κ1) is 26.9. The fraction of sp³-hybridized carbons (Fsp3) is 0.606. The third-order valence-electron chi connectivity index (χ3n) is 10.7. The van der Waals surface area contributed by atoms with E-state index in [1.807, 2.05) is 30.3 Å². The van der Waals surface area contributed by atoms with Crippen LogP contribution in [0.15, 0.2) is 53.6 Å². The quantitative estimate of drug-likeness (QED) is 0.399. The average molecular weight is 519 g/mol. The largest absolute Gasteiger partial charge is 0.458 e. The molecule has 5 nitrogen and oxygen atoms in total. The Bertz CT molecular complexity index is 1180. The van der Waals surface area contributed by atoms with Gasteiger partial charge in [-0.1, -0.05) is 55.8 Å². The molecule has 1 aromatic carbocycles. The number of ether oxygens (including phenoxy) is 2. The number of carbonyl (C=O) groups excluding carboxylic acids is 3. The highest BCUT2D eigenvalue weighted by molar-refractivity contribution is 5.89. The molecule has 4 aliphatic rings. The van der Waals surface area contributed by atoms with Crippen LogP contribution < -0.4 is 0 Å². The molecule has 6 unspecified atom stereocenters. The fourth-order valence-electron chi connectivity index (χ4n) is 8.83. The van der Waals surface area contributed by atoms with Gasteiger partial charge in [0.15, 0.2) is 11.4 Å². The number of allylic oxidation sites excluding steroid dienone is 3. The summed E-state index contributed by atoms with van der Waals surface area (Å²) in [7, 11) is 0. The van der Waals surface area contributed by atoms with Gasteiger partial charge in [0.05, 0.1) is 0 Å². The standard InChI is InChI=1S/C33H42O5/c1-21-19-26-27(14-17-32(5)28(26)15-18-33(32,22(2)34)38-23(3)35)31(4)16-13-25(20-29(21)31)37-30(36)12-11-24-9-7-6-8-10-24/h6-10,19-20,25-28H,11-18H2,1-5H3/t25?,26?,27?,28?,31?,32?,33-/m0/s1.